The molecule has 0 aliphatic heterocycles. The summed E-state index contributed by atoms with van der Waals surface area (Å²) in [7, 11) is 0. The molecule has 2 aromatic rings. The van der Waals surface area contributed by atoms with Crippen LogP contribution in [0.4, 0.5) is 0 Å². The van der Waals surface area contributed by atoms with Crippen LogP contribution in [0.25, 0.3) is 11.4 Å². The molecule has 0 unspecified atom stereocenters. The van der Waals surface area contributed by atoms with Crippen molar-refractivity contribution in [1.82, 2.24) is 9.55 Å². The SMILES string of the molecule is OCCOc1ccc(-c2nccn2CC2CCCC2)cc1. The molecule has 1 fully saturated rings. The lowest BCUT2D eigenvalue weighted by molar-refractivity contribution is 0.201. The third-order valence-electron chi connectivity index (χ3n) is 4.12. The van der Waals surface area contributed by atoms with E-state index in [-0.39, 0.29) is 6.61 Å². The van der Waals surface area contributed by atoms with Crippen LogP contribution >= 0.6 is 0 Å². The second kappa shape index (κ2) is 6.76. The summed E-state index contributed by atoms with van der Waals surface area (Å²) < 4.78 is 7.65. The molecule has 0 amide bonds. The smallest absolute Gasteiger partial charge is 0.139 e. The minimum absolute atomic E-state index is 0.0353. The Bertz CT molecular complexity index is 556. The van der Waals surface area contributed by atoms with Gasteiger partial charge in [0.25, 0.3) is 0 Å². The third kappa shape index (κ3) is 3.45. The molecule has 1 heterocycles. The van der Waals surface area contributed by atoms with Crippen molar-refractivity contribution >= 4 is 0 Å². The van der Waals surface area contributed by atoms with E-state index < -0.39 is 0 Å². The maximum atomic E-state index is 8.77. The zero-order chi connectivity index (χ0) is 14.5. The Hall–Kier alpha value is -1.81. The molecule has 1 aliphatic rings. The number of hydrogen-bond acceptors (Lipinski definition) is 3. The molecule has 0 spiro atoms. The molecule has 3 rings (SSSR count). The summed E-state index contributed by atoms with van der Waals surface area (Å²) in [4.78, 5) is 4.50. The molecule has 0 saturated heterocycles. The van der Waals surface area contributed by atoms with Gasteiger partial charge in [0.15, 0.2) is 0 Å². The average Bonchev–Trinajstić information content (AvgIpc) is 3.18. The molecule has 0 radical (unpaired) electrons. The predicted molar refractivity (Wildman–Crippen MR) is 82.2 cm³/mol. The molecular weight excluding hydrogens is 264 g/mol. The maximum absolute atomic E-state index is 8.77. The van der Waals surface area contributed by atoms with Gasteiger partial charge in [-0.25, -0.2) is 4.98 Å². The standard InChI is InChI=1S/C17H22N2O2/c20-11-12-21-16-7-5-15(6-8-16)17-18-9-10-19(17)13-14-3-1-2-4-14/h5-10,14,20H,1-4,11-13H2. The normalized spacial score (nSPS) is 15.5. The predicted octanol–water partition coefficient (Wildman–Crippen LogP) is 3.11. The number of hydrogen-bond donors (Lipinski definition) is 1. The van der Waals surface area contributed by atoms with Gasteiger partial charge in [-0.2, -0.15) is 0 Å². The second-order valence-electron chi connectivity index (χ2n) is 5.65. The molecule has 112 valence electrons. The summed E-state index contributed by atoms with van der Waals surface area (Å²) in [5.74, 6) is 2.60. The number of rotatable bonds is 6. The van der Waals surface area contributed by atoms with Crippen LogP contribution in [-0.2, 0) is 6.54 Å². The fourth-order valence-electron chi connectivity index (χ4n) is 3.05. The van der Waals surface area contributed by atoms with Gasteiger partial charge in [0.1, 0.15) is 18.2 Å². The van der Waals surface area contributed by atoms with Gasteiger partial charge < -0.3 is 14.4 Å². The van der Waals surface area contributed by atoms with Crippen molar-refractivity contribution in [3.8, 4) is 17.1 Å². The van der Waals surface area contributed by atoms with E-state index in [1.807, 2.05) is 30.5 Å². The third-order valence-corrected chi connectivity index (χ3v) is 4.12. The molecule has 4 nitrogen and oxygen atoms in total. The molecule has 1 aromatic carbocycles. The van der Waals surface area contributed by atoms with Gasteiger partial charge in [-0.15, -0.1) is 0 Å². The van der Waals surface area contributed by atoms with E-state index in [1.165, 1.54) is 25.7 Å². The number of benzene rings is 1. The molecule has 21 heavy (non-hydrogen) atoms. The monoisotopic (exact) mass is 286 g/mol. The summed E-state index contributed by atoms with van der Waals surface area (Å²) >= 11 is 0. The van der Waals surface area contributed by atoms with E-state index in [2.05, 4.69) is 15.7 Å². The molecule has 4 heteroatoms. The number of aliphatic hydroxyl groups excluding tert-OH is 1. The van der Waals surface area contributed by atoms with E-state index in [0.29, 0.717) is 6.61 Å². The van der Waals surface area contributed by atoms with E-state index in [9.17, 15) is 0 Å². The second-order valence-corrected chi connectivity index (χ2v) is 5.65. The number of aliphatic hydroxyl groups is 1. The van der Waals surface area contributed by atoms with Crippen LogP contribution in [0.1, 0.15) is 25.7 Å². The highest BCUT2D eigenvalue weighted by Crippen LogP contribution is 2.28. The van der Waals surface area contributed by atoms with Crippen molar-refractivity contribution in [3.63, 3.8) is 0 Å². The number of ether oxygens (including phenoxy) is 1. The minimum atomic E-state index is 0.0353. The highest BCUT2D eigenvalue weighted by molar-refractivity contribution is 5.56. The summed E-state index contributed by atoms with van der Waals surface area (Å²) in [6.45, 7) is 1.43. The van der Waals surface area contributed by atoms with Gasteiger partial charge >= 0.3 is 0 Å². The van der Waals surface area contributed by atoms with Gasteiger partial charge in [0, 0.05) is 24.5 Å². The van der Waals surface area contributed by atoms with Crippen molar-refractivity contribution in [2.24, 2.45) is 5.92 Å². The van der Waals surface area contributed by atoms with Crippen LogP contribution < -0.4 is 4.74 Å². The Morgan fingerprint density at radius 3 is 2.67 bits per heavy atom. The summed E-state index contributed by atoms with van der Waals surface area (Å²) in [6.07, 6.45) is 9.36. The Labute approximate surface area is 125 Å². The molecule has 1 aliphatic carbocycles. The van der Waals surface area contributed by atoms with Gasteiger partial charge in [-0.3, -0.25) is 0 Å². The van der Waals surface area contributed by atoms with E-state index in [1.54, 1.807) is 0 Å². The van der Waals surface area contributed by atoms with Crippen LogP contribution in [-0.4, -0.2) is 27.9 Å². The number of aromatic nitrogens is 2. The van der Waals surface area contributed by atoms with Gasteiger partial charge in [0.2, 0.25) is 0 Å². The van der Waals surface area contributed by atoms with Gasteiger partial charge in [-0.05, 0) is 43.0 Å². The zero-order valence-corrected chi connectivity index (χ0v) is 12.2. The topological polar surface area (TPSA) is 47.3 Å². The van der Waals surface area contributed by atoms with Crippen LogP contribution in [0.2, 0.25) is 0 Å². The van der Waals surface area contributed by atoms with Crippen molar-refractivity contribution in [2.45, 2.75) is 32.2 Å². The molecule has 0 atom stereocenters. The summed E-state index contributed by atoms with van der Waals surface area (Å²) in [5, 5.41) is 8.77. The first-order chi connectivity index (χ1) is 10.4. The highest BCUT2D eigenvalue weighted by Gasteiger charge is 2.17. The Kier molecular flexibility index (Phi) is 4.55. The van der Waals surface area contributed by atoms with Crippen LogP contribution in [0.5, 0.6) is 5.75 Å². The fraction of sp³-hybridized carbons (Fsp3) is 0.471. The Morgan fingerprint density at radius 2 is 1.95 bits per heavy atom. The molecule has 1 aromatic heterocycles. The van der Waals surface area contributed by atoms with Gasteiger partial charge in [-0.1, -0.05) is 12.8 Å². The summed E-state index contributed by atoms with van der Waals surface area (Å²) in [6, 6.07) is 7.92. The molecule has 0 bridgehead atoms. The highest BCUT2D eigenvalue weighted by atomic mass is 16.5. The number of nitrogens with zero attached hydrogens (tertiary/aromatic N) is 2. The quantitative estimate of drug-likeness (QED) is 0.887. The number of imidazole rings is 1. The lowest BCUT2D eigenvalue weighted by atomic mass is 10.1. The maximum Gasteiger partial charge on any atom is 0.139 e. The van der Waals surface area contributed by atoms with Crippen molar-refractivity contribution in [3.05, 3.63) is 36.7 Å². The van der Waals surface area contributed by atoms with Crippen molar-refractivity contribution in [2.75, 3.05) is 13.2 Å². The first-order valence-corrected chi connectivity index (χ1v) is 7.72. The first kappa shape index (κ1) is 14.1. The van der Waals surface area contributed by atoms with E-state index in [0.717, 1.165) is 29.6 Å². The lowest BCUT2D eigenvalue weighted by Gasteiger charge is -2.13. The van der Waals surface area contributed by atoms with Crippen LogP contribution in [0, 0.1) is 5.92 Å². The molecular formula is C17H22N2O2. The van der Waals surface area contributed by atoms with Crippen molar-refractivity contribution < 1.29 is 9.84 Å². The summed E-state index contributed by atoms with van der Waals surface area (Å²) in [5.41, 5.74) is 1.11. The van der Waals surface area contributed by atoms with E-state index >= 15 is 0 Å². The first-order valence-electron chi connectivity index (χ1n) is 7.72. The molecule has 1 N–H and O–H groups in total. The Morgan fingerprint density at radius 1 is 1.19 bits per heavy atom. The fourth-order valence-corrected chi connectivity index (χ4v) is 3.05. The van der Waals surface area contributed by atoms with Gasteiger partial charge in [0.05, 0.1) is 6.61 Å². The zero-order valence-electron chi connectivity index (χ0n) is 12.2. The van der Waals surface area contributed by atoms with Crippen LogP contribution in [0.15, 0.2) is 36.7 Å². The van der Waals surface area contributed by atoms with Crippen molar-refractivity contribution in [1.29, 1.82) is 0 Å². The minimum Gasteiger partial charge on any atom is -0.491 e. The Balaban J connectivity index is 1.72. The largest absolute Gasteiger partial charge is 0.491 e. The van der Waals surface area contributed by atoms with Crippen LogP contribution in [0.3, 0.4) is 0 Å². The van der Waals surface area contributed by atoms with E-state index in [4.69, 9.17) is 9.84 Å². The lowest BCUT2D eigenvalue weighted by Crippen LogP contribution is -2.08. The average molecular weight is 286 g/mol. The molecule has 1 saturated carbocycles.